The molecule has 0 fully saturated rings. The highest BCUT2D eigenvalue weighted by molar-refractivity contribution is 7.17. The maximum Gasteiger partial charge on any atom is 0.341 e. The molecule has 1 aromatic heterocycles. The van der Waals surface area contributed by atoms with Crippen molar-refractivity contribution in [1.82, 2.24) is 0 Å². The van der Waals surface area contributed by atoms with E-state index in [4.69, 9.17) is 4.74 Å². The molecular formula is C22H24N2O3S. The van der Waals surface area contributed by atoms with E-state index in [0.29, 0.717) is 35.2 Å². The molecule has 1 aliphatic rings. The molecule has 1 aliphatic carbocycles. The predicted octanol–water partition coefficient (Wildman–Crippen LogP) is 4.54. The molecule has 146 valence electrons. The van der Waals surface area contributed by atoms with Gasteiger partial charge < -0.3 is 10.1 Å². The van der Waals surface area contributed by atoms with Gasteiger partial charge in [-0.25, -0.2) is 4.79 Å². The van der Waals surface area contributed by atoms with Gasteiger partial charge in [0.25, 0.3) is 5.91 Å². The normalized spacial score (nSPS) is 15.8. The van der Waals surface area contributed by atoms with E-state index in [1.807, 2.05) is 24.4 Å². The Balaban J connectivity index is 1.88. The maximum absolute atomic E-state index is 12.6. The average Bonchev–Trinajstić information content (AvgIpc) is 3.06. The molecule has 1 amide bonds. The minimum absolute atomic E-state index is 0.228. The van der Waals surface area contributed by atoms with E-state index < -0.39 is 0 Å². The number of thiophene rings is 1. The summed E-state index contributed by atoms with van der Waals surface area (Å²) in [5.41, 5.74) is 2.06. The minimum atomic E-state index is -0.373. The summed E-state index contributed by atoms with van der Waals surface area (Å²) < 4.78 is 5.27. The molecule has 0 spiro atoms. The first-order valence-electron chi connectivity index (χ1n) is 9.42. The Hall–Kier alpha value is -2.73. The van der Waals surface area contributed by atoms with Crippen LogP contribution in [0.25, 0.3) is 0 Å². The van der Waals surface area contributed by atoms with E-state index in [1.165, 1.54) is 11.3 Å². The molecule has 1 aromatic carbocycles. The zero-order valence-electron chi connectivity index (χ0n) is 15.9. The van der Waals surface area contributed by atoms with Crippen molar-refractivity contribution in [2.75, 3.05) is 18.5 Å². The number of nitrogens with zero attached hydrogens (tertiary/aromatic N) is 1. The standard InChI is InChI=1S/C22H24N2O3S/c1-3-12-23-14-15-10-11-17-18(13-15)28-21(19(17)22(26)27-4-2)24-20(25)16-8-6-5-7-9-16/h3,5-9,14-15H,1,4,10-13H2,2H3,(H,24,25)/t15-/m1/s1. The maximum atomic E-state index is 12.6. The highest BCUT2D eigenvalue weighted by Crippen LogP contribution is 2.40. The number of ether oxygens (including phenoxy) is 1. The third kappa shape index (κ3) is 4.57. The van der Waals surface area contributed by atoms with Gasteiger partial charge in [-0.2, -0.15) is 0 Å². The number of hydrogen-bond acceptors (Lipinski definition) is 5. The van der Waals surface area contributed by atoms with Crippen LogP contribution < -0.4 is 5.32 Å². The van der Waals surface area contributed by atoms with Crippen LogP contribution in [0.3, 0.4) is 0 Å². The Morgan fingerprint density at radius 3 is 2.86 bits per heavy atom. The SMILES string of the molecule is C=CCN=C[C@@H]1CCc2c(sc(NC(=O)c3ccccc3)c2C(=O)OCC)C1. The molecule has 2 aromatic rings. The van der Waals surface area contributed by atoms with Gasteiger partial charge in [0, 0.05) is 16.7 Å². The van der Waals surface area contributed by atoms with E-state index in [2.05, 4.69) is 16.9 Å². The molecule has 0 radical (unpaired) electrons. The number of nitrogens with one attached hydrogen (secondary N) is 1. The molecule has 0 aliphatic heterocycles. The summed E-state index contributed by atoms with van der Waals surface area (Å²) in [4.78, 5) is 30.7. The summed E-state index contributed by atoms with van der Waals surface area (Å²) >= 11 is 1.47. The first kappa shape index (κ1) is 20.0. The monoisotopic (exact) mass is 396 g/mol. The summed E-state index contributed by atoms with van der Waals surface area (Å²) in [5.74, 6) is -0.269. The lowest BCUT2D eigenvalue weighted by molar-refractivity contribution is 0.0526. The largest absolute Gasteiger partial charge is 0.462 e. The molecule has 3 rings (SSSR count). The van der Waals surface area contributed by atoms with Gasteiger partial charge in [-0.05, 0) is 49.8 Å². The number of esters is 1. The summed E-state index contributed by atoms with van der Waals surface area (Å²) in [6.07, 6.45) is 6.26. The van der Waals surface area contributed by atoms with E-state index in [1.54, 1.807) is 25.1 Å². The van der Waals surface area contributed by atoms with Crippen molar-refractivity contribution in [1.29, 1.82) is 0 Å². The molecule has 0 saturated heterocycles. The average molecular weight is 397 g/mol. The van der Waals surface area contributed by atoms with Crippen LogP contribution in [0.5, 0.6) is 0 Å². The number of benzene rings is 1. The second kappa shape index (κ2) is 9.46. The lowest BCUT2D eigenvalue weighted by atomic mass is 9.88. The molecule has 5 nitrogen and oxygen atoms in total. The predicted molar refractivity (Wildman–Crippen MR) is 114 cm³/mol. The number of amides is 1. The van der Waals surface area contributed by atoms with Gasteiger partial charge in [-0.3, -0.25) is 9.79 Å². The van der Waals surface area contributed by atoms with Crippen molar-refractivity contribution >= 4 is 34.4 Å². The van der Waals surface area contributed by atoms with Crippen LogP contribution in [0.4, 0.5) is 5.00 Å². The summed E-state index contributed by atoms with van der Waals surface area (Å²) in [7, 11) is 0. The van der Waals surface area contributed by atoms with Crippen LogP contribution in [-0.2, 0) is 17.6 Å². The van der Waals surface area contributed by atoms with Crippen molar-refractivity contribution in [2.45, 2.75) is 26.2 Å². The topological polar surface area (TPSA) is 67.8 Å². The zero-order chi connectivity index (χ0) is 19.9. The Bertz CT molecular complexity index is 887. The Kier molecular flexibility index (Phi) is 6.76. The lowest BCUT2D eigenvalue weighted by Crippen LogP contribution is -2.18. The highest BCUT2D eigenvalue weighted by atomic mass is 32.1. The van der Waals surface area contributed by atoms with Crippen LogP contribution >= 0.6 is 11.3 Å². The van der Waals surface area contributed by atoms with Crippen LogP contribution in [0.1, 0.15) is 44.5 Å². The van der Waals surface area contributed by atoms with Gasteiger partial charge in [0.05, 0.1) is 18.7 Å². The van der Waals surface area contributed by atoms with E-state index >= 15 is 0 Å². The van der Waals surface area contributed by atoms with Crippen LogP contribution in [-0.4, -0.2) is 31.2 Å². The summed E-state index contributed by atoms with van der Waals surface area (Å²) in [6, 6.07) is 8.98. The van der Waals surface area contributed by atoms with Crippen molar-refractivity contribution in [3.63, 3.8) is 0 Å². The van der Waals surface area contributed by atoms with Crippen molar-refractivity contribution in [2.24, 2.45) is 10.9 Å². The molecule has 0 unspecified atom stereocenters. The second-order valence-corrected chi connectivity index (χ2v) is 7.66. The van der Waals surface area contributed by atoms with Gasteiger partial charge in [0.2, 0.25) is 0 Å². The minimum Gasteiger partial charge on any atom is -0.462 e. The van der Waals surface area contributed by atoms with E-state index in [-0.39, 0.29) is 11.9 Å². The van der Waals surface area contributed by atoms with Crippen LogP contribution in [0, 0.1) is 5.92 Å². The molecule has 6 heteroatoms. The number of aliphatic imine (C=N–C) groups is 1. The molecule has 1 N–H and O–H groups in total. The van der Waals surface area contributed by atoms with E-state index in [9.17, 15) is 9.59 Å². The van der Waals surface area contributed by atoms with Gasteiger partial charge in [-0.15, -0.1) is 17.9 Å². The van der Waals surface area contributed by atoms with Crippen molar-refractivity contribution in [3.8, 4) is 0 Å². The van der Waals surface area contributed by atoms with Crippen LogP contribution in [0.2, 0.25) is 0 Å². The molecule has 1 atom stereocenters. The molecule has 1 heterocycles. The Morgan fingerprint density at radius 1 is 1.36 bits per heavy atom. The van der Waals surface area contributed by atoms with Gasteiger partial charge in [-0.1, -0.05) is 24.3 Å². The fourth-order valence-electron chi connectivity index (χ4n) is 3.30. The number of carbonyl (C=O) groups excluding carboxylic acids is 2. The quantitative estimate of drug-likeness (QED) is 0.424. The third-order valence-corrected chi connectivity index (χ3v) is 5.77. The fraction of sp³-hybridized carbons (Fsp3) is 0.318. The fourth-order valence-corrected chi connectivity index (χ4v) is 4.62. The smallest absolute Gasteiger partial charge is 0.341 e. The number of fused-ring (bicyclic) bond motifs is 1. The van der Waals surface area contributed by atoms with Crippen molar-refractivity contribution in [3.05, 3.63) is 64.6 Å². The second-order valence-electron chi connectivity index (χ2n) is 6.55. The molecule has 0 bridgehead atoms. The van der Waals surface area contributed by atoms with E-state index in [0.717, 1.165) is 29.7 Å². The van der Waals surface area contributed by atoms with Gasteiger partial charge >= 0.3 is 5.97 Å². The Morgan fingerprint density at radius 2 is 2.14 bits per heavy atom. The summed E-state index contributed by atoms with van der Waals surface area (Å²) in [5, 5.41) is 3.49. The third-order valence-electron chi connectivity index (χ3n) is 4.60. The van der Waals surface area contributed by atoms with Crippen molar-refractivity contribution < 1.29 is 14.3 Å². The number of hydrogen-bond donors (Lipinski definition) is 1. The number of anilines is 1. The Labute approximate surface area is 169 Å². The summed E-state index contributed by atoms with van der Waals surface area (Å²) in [6.45, 7) is 6.37. The molecule has 28 heavy (non-hydrogen) atoms. The van der Waals surface area contributed by atoms with Gasteiger partial charge in [0.15, 0.2) is 0 Å². The zero-order valence-corrected chi connectivity index (χ0v) is 16.8. The molecular weight excluding hydrogens is 372 g/mol. The highest BCUT2D eigenvalue weighted by Gasteiger charge is 2.30. The lowest BCUT2D eigenvalue weighted by Gasteiger charge is -2.19. The first-order chi connectivity index (χ1) is 13.6. The first-order valence-corrected chi connectivity index (χ1v) is 10.2. The van der Waals surface area contributed by atoms with Crippen LogP contribution in [0.15, 0.2) is 48.0 Å². The molecule has 0 saturated carbocycles. The van der Waals surface area contributed by atoms with Gasteiger partial charge in [0.1, 0.15) is 5.00 Å². The number of rotatable bonds is 7. The number of carbonyl (C=O) groups is 2.